The number of aromatic nitrogens is 4. The van der Waals surface area contributed by atoms with E-state index in [2.05, 4.69) is 30.2 Å². The summed E-state index contributed by atoms with van der Waals surface area (Å²) in [5.74, 6) is -2.79. The first-order chi connectivity index (χ1) is 16.5. The van der Waals surface area contributed by atoms with E-state index in [4.69, 9.17) is 5.73 Å². The van der Waals surface area contributed by atoms with Gasteiger partial charge >= 0.3 is 6.18 Å². The maximum absolute atomic E-state index is 13.7. The van der Waals surface area contributed by atoms with Crippen molar-refractivity contribution in [3.8, 4) is 0 Å². The molecule has 2 aromatic heterocycles. The molecule has 3 fully saturated rings. The number of H-pyrrole nitrogens is 1. The Balaban J connectivity index is 1.21. The molecule has 0 bridgehead atoms. The highest BCUT2D eigenvalue weighted by Gasteiger charge is 2.57. The van der Waals surface area contributed by atoms with E-state index < -0.39 is 23.5 Å². The van der Waals surface area contributed by atoms with Gasteiger partial charge in [0.15, 0.2) is 0 Å². The highest BCUT2D eigenvalue weighted by Crippen LogP contribution is 2.54. The van der Waals surface area contributed by atoms with Gasteiger partial charge in [0, 0.05) is 49.5 Å². The average molecular weight is 496 g/mol. The Hall–Kier alpha value is -2.83. The molecule has 6 rings (SSSR count). The number of nitrogens with zero attached hydrogens (tertiary/aromatic N) is 6. The SMILES string of the molecule is Nc1ncc(C2=NN3CC[C@@]4(CCN(C(c5ncn[nH]5)C5CC(F)(F)C5)C4)C3C2)cc1C(F)(F)F. The highest BCUT2D eigenvalue weighted by molar-refractivity contribution is 6.02. The molecule has 1 aliphatic carbocycles. The van der Waals surface area contributed by atoms with Gasteiger partial charge in [-0.3, -0.25) is 15.0 Å². The van der Waals surface area contributed by atoms with Gasteiger partial charge in [-0.25, -0.2) is 18.7 Å². The zero-order valence-electron chi connectivity index (χ0n) is 18.8. The minimum Gasteiger partial charge on any atom is -0.383 e. The molecule has 8 nitrogen and oxygen atoms in total. The minimum atomic E-state index is -4.59. The van der Waals surface area contributed by atoms with Crippen molar-refractivity contribution >= 4 is 11.5 Å². The number of hydrogen-bond acceptors (Lipinski definition) is 7. The van der Waals surface area contributed by atoms with Gasteiger partial charge in [-0.15, -0.1) is 0 Å². The van der Waals surface area contributed by atoms with Gasteiger partial charge in [-0.1, -0.05) is 0 Å². The van der Waals surface area contributed by atoms with Crippen LogP contribution in [0.25, 0.3) is 0 Å². The topological polar surface area (TPSA) is 99.3 Å². The van der Waals surface area contributed by atoms with Crippen LogP contribution in [-0.4, -0.2) is 67.4 Å². The number of alkyl halides is 5. The number of rotatable bonds is 4. The number of hydrogen-bond donors (Lipinski definition) is 2. The third-order valence-corrected chi connectivity index (χ3v) is 8.19. The normalized spacial score (nSPS) is 29.5. The highest BCUT2D eigenvalue weighted by atomic mass is 19.4. The summed E-state index contributed by atoms with van der Waals surface area (Å²) in [6.45, 7) is 2.12. The molecule has 2 unspecified atom stereocenters. The Labute approximate surface area is 197 Å². The van der Waals surface area contributed by atoms with Crippen LogP contribution in [-0.2, 0) is 6.18 Å². The van der Waals surface area contributed by atoms with E-state index in [-0.39, 0.29) is 36.3 Å². The summed E-state index contributed by atoms with van der Waals surface area (Å²) in [5.41, 5.74) is 5.26. The molecule has 188 valence electrons. The Morgan fingerprint density at radius 3 is 2.60 bits per heavy atom. The van der Waals surface area contributed by atoms with E-state index in [1.807, 2.05) is 5.01 Å². The average Bonchev–Trinajstić information content (AvgIpc) is 3.54. The van der Waals surface area contributed by atoms with Crippen LogP contribution in [0.15, 0.2) is 23.7 Å². The Morgan fingerprint density at radius 1 is 1.14 bits per heavy atom. The van der Waals surface area contributed by atoms with Crippen molar-refractivity contribution in [2.45, 2.75) is 56.3 Å². The molecular weight excluding hydrogens is 471 g/mol. The van der Waals surface area contributed by atoms with Crippen LogP contribution in [0.1, 0.15) is 55.1 Å². The van der Waals surface area contributed by atoms with Crippen LogP contribution in [0.5, 0.6) is 0 Å². The summed E-state index contributed by atoms with van der Waals surface area (Å²) >= 11 is 0. The van der Waals surface area contributed by atoms with Gasteiger partial charge in [0.1, 0.15) is 18.0 Å². The number of halogens is 5. The van der Waals surface area contributed by atoms with Gasteiger partial charge in [0.25, 0.3) is 0 Å². The summed E-state index contributed by atoms with van der Waals surface area (Å²) in [5, 5.41) is 13.4. The molecule has 2 aromatic rings. The number of hydrazone groups is 1. The lowest BCUT2D eigenvalue weighted by molar-refractivity contribution is -0.137. The van der Waals surface area contributed by atoms with Crippen molar-refractivity contribution in [3.05, 3.63) is 35.5 Å². The second-order valence-corrected chi connectivity index (χ2v) is 10.3. The van der Waals surface area contributed by atoms with Gasteiger partial charge in [-0.05, 0) is 31.4 Å². The molecule has 1 spiro atoms. The molecule has 3 aliphatic heterocycles. The summed E-state index contributed by atoms with van der Waals surface area (Å²) in [6, 6.07) is 0.795. The van der Waals surface area contributed by atoms with Crippen molar-refractivity contribution in [2.75, 3.05) is 25.4 Å². The molecule has 4 aliphatic rings. The molecule has 2 saturated heterocycles. The fourth-order valence-electron chi connectivity index (χ4n) is 6.46. The van der Waals surface area contributed by atoms with Crippen molar-refractivity contribution < 1.29 is 22.0 Å². The van der Waals surface area contributed by atoms with Gasteiger partial charge in [0.05, 0.1) is 23.4 Å². The molecule has 0 radical (unpaired) electrons. The molecule has 3 atom stereocenters. The number of nitrogens with two attached hydrogens (primary N) is 1. The number of likely N-dealkylation sites (tertiary alicyclic amines) is 1. The van der Waals surface area contributed by atoms with E-state index in [0.717, 1.165) is 25.5 Å². The Morgan fingerprint density at radius 2 is 1.91 bits per heavy atom. The zero-order chi connectivity index (χ0) is 24.6. The third-order valence-electron chi connectivity index (χ3n) is 8.19. The molecule has 3 N–H and O–H groups in total. The van der Waals surface area contributed by atoms with E-state index in [1.165, 1.54) is 12.5 Å². The van der Waals surface area contributed by atoms with Crippen molar-refractivity contribution in [2.24, 2.45) is 16.4 Å². The van der Waals surface area contributed by atoms with E-state index in [0.29, 0.717) is 36.6 Å². The Bertz CT molecular complexity index is 1140. The second kappa shape index (κ2) is 7.58. The predicted molar refractivity (Wildman–Crippen MR) is 115 cm³/mol. The van der Waals surface area contributed by atoms with Gasteiger partial charge < -0.3 is 5.73 Å². The van der Waals surface area contributed by atoms with Crippen LogP contribution < -0.4 is 5.73 Å². The molecule has 0 aromatic carbocycles. The number of nitrogen functional groups attached to an aromatic ring is 1. The fraction of sp³-hybridized carbons (Fsp3) is 0.636. The van der Waals surface area contributed by atoms with Crippen LogP contribution in [0.2, 0.25) is 0 Å². The van der Waals surface area contributed by atoms with E-state index in [9.17, 15) is 22.0 Å². The summed E-state index contributed by atoms with van der Waals surface area (Å²) in [6.07, 6.45) is 0.0634. The quantitative estimate of drug-likeness (QED) is 0.629. The lowest BCUT2D eigenvalue weighted by Gasteiger charge is -2.43. The van der Waals surface area contributed by atoms with Gasteiger partial charge in [-0.2, -0.15) is 23.4 Å². The van der Waals surface area contributed by atoms with Crippen LogP contribution in [0.3, 0.4) is 0 Å². The van der Waals surface area contributed by atoms with Crippen LogP contribution in [0.4, 0.5) is 27.8 Å². The maximum Gasteiger partial charge on any atom is 0.419 e. The first kappa shape index (κ1) is 22.6. The summed E-state index contributed by atoms with van der Waals surface area (Å²) in [7, 11) is 0. The molecule has 0 amide bonds. The monoisotopic (exact) mass is 496 g/mol. The number of fused-ring (bicyclic) bond motifs is 2. The zero-order valence-corrected chi connectivity index (χ0v) is 18.8. The molecular formula is C22H25F5N8. The first-order valence-corrected chi connectivity index (χ1v) is 11.7. The van der Waals surface area contributed by atoms with E-state index >= 15 is 0 Å². The molecule has 13 heteroatoms. The van der Waals surface area contributed by atoms with Crippen molar-refractivity contribution in [3.63, 3.8) is 0 Å². The number of anilines is 1. The fourth-order valence-corrected chi connectivity index (χ4v) is 6.46. The minimum absolute atomic E-state index is 0.0348. The lowest BCUT2D eigenvalue weighted by atomic mass is 9.75. The molecule has 1 saturated carbocycles. The summed E-state index contributed by atoms with van der Waals surface area (Å²) in [4.78, 5) is 10.3. The van der Waals surface area contributed by atoms with Crippen molar-refractivity contribution in [1.29, 1.82) is 0 Å². The lowest BCUT2D eigenvalue weighted by Crippen LogP contribution is -2.46. The van der Waals surface area contributed by atoms with E-state index in [1.54, 1.807) is 0 Å². The second-order valence-electron chi connectivity index (χ2n) is 10.3. The number of pyridine rings is 1. The summed E-state index contributed by atoms with van der Waals surface area (Å²) < 4.78 is 67.4. The molecule has 35 heavy (non-hydrogen) atoms. The molecule has 5 heterocycles. The third kappa shape index (κ3) is 3.74. The maximum atomic E-state index is 13.7. The Kier molecular flexibility index (Phi) is 4.90. The predicted octanol–water partition coefficient (Wildman–Crippen LogP) is 3.46. The number of aromatic amines is 1. The van der Waals surface area contributed by atoms with Crippen LogP contribution >= 0.6 is 0 Å². The standard InChI is InChI=1S/C22H25F5N8/c23-21(24)7-13(8-21)17(19-30-11-31-32-19)34-3-1-20(10-34)2-4-35-16(20)6-15(33-35)12-5-14(22(25,26)27)18(28)29-9-12/h5,9,11,13,16-17H,1-4,6-8,10H2,(H2,28,29)(H,30,31,32)/t16?,17?,20-/m1/s1. The van der Waals surface area contributed by atoms with Gasteiger partial charge in [0.2, 0.25) is 5.92 Å². The smallest absolute Gasteiger partial charge is 0.383 e. The van der Waals surface area contributed by atoms with Crippen LogP contribution in [0, 0.1) is 11.3 Å². The largest absolute Gasteiger partial charge is 0.419 e. The number of nitrogens with one attached hydrogen (secondary N) is 1. The van der Waals surface area contributed by atoms with Crippen molar-refractivity contribution in [1.82, 2.24) is 30.1 Å². The first-order valence-electron chi connectivity index (χ1n) is 11.7.